The molecule has 120 valence electrons. The van der Waals surface area contributed by atoms with Crippen LogP contribution >= 0.6 is 11.3 Å². The number of hydrazone groups is 1. The highest BCUT2D eigenvalue weighted by Crippen LogP contribution is 2.26. The van der Waals surface area contributed by atoms with Gasteiger partial charge in [0.05, 0.1) is 15.5 Å². The zero-order valence-corrected chi connectivity index (χ0v) is 14.0. The molecule has 2 aliphatic rings. The van der Waals surface area contributed by atoms with Crippen LogP contribution in [0.4, 0.5) is 5.13 Å². The normalized spacial score (nSPS) is 18.2. The first kappa shape index (κ1) is 14.8. The minimum atomic E-state index is -0.236. The standard InChI is InChI=1S/C18H16N4OS/c1-11-5-4-6-12(9-11)16-13(10-19)17(23)22(21-16)18-20-14-7-2-3-8-15(14)24-18/h4-10H,2-3,19H2,1H3/b13-10+. The second-order valence-electron chi connectivity index (χ2n) is 5.75. The van der Waals surface area contributed by atoms with Gasteiger partial charge in [0, 0.05) is 11.8 Å². The number of benzene rings is 1. The third-order valence-electron chi connectivity index (χ3n) is 4.02. The van der Waals surface area contributed by atoms with Gasteiger partial charge in [0.25, 0.3) is 5.91 Å². The monoisotopic (exact) mass is 336 g/mol. The van der Waals surface area contributed by atoms with Crippen molar-refractivity contribution >= 4 is 40.2 Å². The number of aromatic nitrogens is 1. The molecule has 5 nitrogen and oxygen atoms in total. The summed E-state index contributed by atoms with van der Waals surface area (Å²) < 4.78 is 1.10. The fourth-order valence-corrected chi connectivity index (χ4v) is 3.83. The number of aryl methyl sites for hydroxylation is 1. The van der Waals surface area contributed by atoms with E-state index >= 15 is 0 Å². The van der Waals surface area contributed by atoms with E-state index in [2.05, 4.69) is 22.2 Å². The Labute approximate surface area is 143 Å². The molecule has 2 N–H and O–H groups in total. The second kappa shape index (κ2) is 5.72. The minimum absolute atomic E-state index is 0.236. The summed E-state index contributed by atoms with van der Waals surface area (Å²) in [7, 11) is 0. The Bertz CT molecular complexity index is 982. The lowest BCUT2D eigenvalue weighted by atomic mass is 10.0. The molecule has 0 unspecified atom stereocenters. The molecule has 2 heterocycles. The van der Waals surface area contributed by atoms with Gasteiger partial charge in [0.2, 0.25) is 5.13 Å². The molecular formula is C18H16N4OS. The van der Waals surface area contributed by atoms with Crippen LogP contribution in [0.15, 0.2) is 41.1 Å². The van der Waals surface area contributed by atoms with E-state index in [9.17, 15) is 4.79 Å². The molecule has 1 aliphatic carbocycles. The third-order valence-corrected chi connectivity index (χ3v) is 5.06. The molecule has 0 bridgehead atoms. The van der Waals surface area contributed by atoms with Crippen molar-refractivity contribution in [2.75, 3.05) is 5.01 Å². The van der Waals surface area contributed by atoms with Gasteiger partial charge >= 0.3 is 0 Å². The molecule has 2 aromatic rings. The maximum Gasteiger partial charge on any atom is 0.284 e. The van der Waals surface area contributed by atoms with Crippen molar-refractivity contribution in [1.29, 1.82) is 0 Å². The van der Waals surface area contributed by atoms with Crippen molar-refractivity contribution in [2.24, 2.45) is 10.8 Å². The SMILES string of the molecule is Cc1cccc(C2=NN(c3nc4c(s3)=CCCC=4)C(=O)/C2=C/N)c1. The van der Waals surface area contributed by atoms with Crippen LogP contribution in [0.5, 0.6) is 0 Å². The predicted octanol–water partition coefficient (Wildman–Crippen LogP) is 1.40. The van der Waals surface area contributed by atoms with Crippen LogP contribution in [0.3, 0.4) is 0 Å². The molecule has 1 aromatic carbocycles. The highest BCUT2D eigenvalue weighted by Gasteiger charge is 2.33. The van der Waals surface area contributed by atoms with Gasteiger partial charge in [-0.1, -0.05) is 47.3 Å². The molecule has 0 atom stereocenters. The number of nitrogens with two attached hydrogens (primary N) is 1. The average molecular weight is 336 g/mol. The summed E-state index contributed by atoms with van der Waals surface area (Å²) in [6, 6.07) is 7.87. The van der Waals surface area contributed by atoms with E-state index in [1.165, 1.54) is 22.5 Å². The van der Waals surface area contributed by atoms with E-state index in [1.807, 2.05) is 31.2 Å². The molecule has 0 saturated carbocycles. The van der Waals surface area contributed by atoms with Crippen LogP contribution < -0.4 is 20.6 Å². The maximum absolute atomic E-state index is 12.7. The number of hydrogen-bond donors (Lipinski definition) is 1. The maximum atomic E-state index is 12.7. The molecule has 0 saturated heterocycles. The highest BCUT2D eigenvalue weighted by molar-refractivity contribution is 7.13. The number of amides is 1. The summed E-state index contributed by atoms with van der Waals surface area (Å²) in [4.78, 5) is 17.3. The van der Waals surface area contributed by atoms with Gasteiger partial charge in [-0.05, 0) is 25.8 Å². The van der Waals surface area contributed by atoms with E-state index in [4.69, 9.17) is 5.73 Å². The number of anilines is 1. The Kier molecular flexibility index (Phi) is 3.54. The third kappa shape index (κ3) is 2.35. The number of hydrogen-bond acceptors (Lipinski definition) is 5. The smallest absolute Gasteiger partial charge is 0.284 e. The first-order chi connectivity index (χ1) is 11.7. The number of thiazole rings is 1. The summed E-state index contributed by atoms with van der Waals surface area (Å²) in [5.74, 6) is -0.236. The predicted molar refractivity (Wildman–Crippen MR) is 97.0 cm³/mol. The van der Waals surface area contributed by atoms with Crippen molar-refractivity contribution in [3.63, 3.8) is 0 Å². The molecule has 1 aromatic heterocycles. The molecule has 6 heteroatoms. The molecule has 24 heavy (non-hydrogen) atoms. The number of carbonyl (C=O) groups excluding carboxylic acids is 1. The van der Waals surface area contributed by atoms with Crippen molar-refractivity contribution in [3.8, 4) is 0 Å². The molecule has 0 radical (unpaired) electrons. The molecule has 0 fully saturated rings. The van der Waals surface area contributed by atoms with Crippen molar-refractivity contribution in [3.05, 3.63) is 57.0 Å². The van der Waals surface area contributed by atoms with Crippen LogP contribution in [-0.4, -0.2) is 16.6 Å². The zero-order chi connectivity index (χ0) is 16.7. The number of nitrogens with zero attached hydrogens (tertiary/aromatic N) is 3. The lowest BCUT2D eigenvalue weighted by Crippen LogP contribution is -2.24. The molecule has 1 amide bonds. The first-order valence-electron chi connectivity index (χ1n) is 7.77. The van der Waals surface area contributed by atoms with Crippen LogP contribution in [0.25, 0.3) is 12.2 Å². The van der Waals surface area contributed by atoms with E-state index in [0.717, 1.165) is 33.9 Å². The Balaban J connectivity index is 1.82. The molecule has 1 aliphatic heterocycles. The summed E-state index contributed by atoms with van der Waals surface area (Å²) in [5, 5.41) is 7.40. The van der Waals surface area contributed by atoms with Crippen LogP contribution in [0.2, 0.25) is 0 Å². The molecule has 0 spiro atoms. The summed E-state index contributed by atoms with van der Waals surface area (Å²) >= 11 is 1.48. The average Bonchev–Trinajstić information content (AvgIpc) is 3.15. The molecular weight excluding hydrogens is 320 g/mol. The highest BCUT2D eigenvalue weighted by atomic mass is 32.1. The second-order valence-corrected chi connectivity index (χ2v) is 6.76. The Morgan fingerprint density at radius 3 is 2.88 bits per heavy atom. The summed E-state index contributed by atoms with van der Waals surface area (Å²) in [6.07, 6.45) is 7.57. The van der Waals surface area contributed by atoms with Gasteiger partial charge in [-0.3, -0.25) is 4.79 Å². The van der Waals surface area contributed by atoms with Crippen molar-refractivity contribution in [1.82, 2.24) is 4.98 Å². The van der Waals surface area contributed by atoms with Gasteiger partial charge < -0.3 is 5.73 Å². The van der Waals surface area contributed by atoms with Gasteiger partial charge in [-0.15, -0.1) is 0 Å². The Morgan fingerprint density at radius 1 is 1.29 bits per heavy atom. The van der Waals surface area contributed by atoms with Crippen LogP contribution in [-0.2, 0) is 4.79 Å². The van der Waals surface area contributed by atoms with Gasteiger partial charge in [-0.2, -0.15) is 10.1 Å². The Morgan fingerprint density at radius 2 is 2.12 bits per heavy atom. The lowest BCUT2D eigenvalue weighted by molar-refractivity contribution is -0.114. The minimum Gasteiger partial charge on any atom is -0.404 e. The number of rotatable bonds is 2. The fourth-order valence-electron chi connectivity index (χ4n) is 2.85. The fraction of sp³-hybridized carbons (Fsp3) is 0.167. The van der Waals surface area contributed by atoms with Gasteiger partial charge in [-0.25, -0.2) is 4.98 Å². The van der Waals surface area contributed by atoms with Crippen LogP contribution in [0.1, 0.15) is 24.0 Å². The zero-order valence-electron chi connectivity index (χ0n) is 13.2. The van der Waals surface area contributed by atoms with Gasteiger partial charge in [0.15, 0.2) is 0 Å². The Hall–Kier alpha value is -2.73. The summed E-state index contributed by atoms with van der Waals surface area (Å²) in [6.45, 7) is 2.00. The largest absolute Gasteiger partial charge is 0.404 e. The first-order valence-corrected chi connectivity index (χ1v) is 8.58. The van der Waals surface area contributed by atoms with E-state index < -0.39 is 0 Å². The van der Waals surface area contributed by atoms with Crippen LogP contribution in [0, 0.1) is 6.92 Å². The van der Waals surface area contributed by atoms with E-state index in [-0.39, 0.29) is 5.91 Å². The summed E-state index contributed by atoms with van der Waals surface area (Å²) in [5.41, 5.74) is 8.68. The van der Waals surface area contributed by atoms with Crippen molar-refractivity contribution in [2.45, 2.75) is 19.8 Å². The lowest BCUT2D eigenvalue weighted by Gasteiger charge is -2.05. The van der Waals surface area contributed by atoms with Crippen molar-refractivity contribution < 1.29 is 4.79 Å². The quantitative estimate of drug-likeness (QED) is 0.843. The number of fused-ring (bicyclic) bond motifs is 1. The van der Waals surface area contributed by atoms with E-state index in [0.29, 0.717) is 16.4 Å². The van der Waals surface area contributed by atoms with Gasteiger partial charge in [0.1, 0.15) is 5.71 Å². The molecule has 4 rings (SSSR count). The number of carbonyl (C=O) groups is 1. The van der Waals surface area contributed by atoms with E-state index in [1.54, 1.807) is 0 Å². The topological polar surface area (TPSA) is 71.6 Å².